The van der Waals surface area contributed by atoms with Crippen molar-refractivity contribution in [2.75, 3.05) is 0 Å². The van der Waals surface area contributed by atoms with Crippen LogP contribution in [0.15, 0.2) is 0 Å². The van der Waals surface area contributed by atoms with Gasteiger partial charge in [0.05, 0.1) is 0 Å². The van der Waals surface area contributed by atoms with E-state index in [0.29, 0.717) is 0 Å². The molecule has 0 amide bonds. The summed E-state index contributed by atoms with van der Waals surface area (Å²) in [4.78, 5) is 0. The zero-order chi connectivity index (χ0) is 7.73. The van der Waals surface area contributed by atoms with Crippen LogP contribution in [0.4, 0.5) is 0 Å². The summed E-state index contributed by atoms with van der Waals surface area (Å²) in [5.41, 5.74) is 0.832. The third kappa shape index (κ3) is 1.21. The van der Waals surface area contributed by atoms with Gasteiger partial charge in [-0.3, -0.25) is 0 Å². The summed E-state index contributed by atoms with van der Waals surface area (Å²) in [6.07, 6.45) is 12.2. The van der Waals surface area contributed by atoms with Crippen molar-refractivity contribution in [3.05, 3.63) is 0 Å². The van der Waals surface area contributed by atoms with Crippen molar-refractivity contribution in [2.24, 2.45) is 11.3 Å². The molecule has 0 aromatic rings. The molecular formula is C11H20. The molecule has 0 saturated heterocycles. The fourth-order valence-corrected chi connectivity index (χ4v) is 3.30. The van der Waals surface area contributed by atoms with Crippen LogP contribution in [0.2, 0.25) is 0 Å². The molecule has 0 nitrogen and oxygen atoms in total. The molecule has 0 heterocycles. The van der Waals surface area contributed by atoms with Crippen LogP contribution < -0.4 is 0 Å². The smallest absolute Gasteiger partial charge is 0.0272 e. The van der Waals surface area contributed by atoms with Crippen LogP contribution in [0.5, 0.6) is 0 Å². The first kappa shape index (κ1) is 7.64. The van der Waals surface area contributed by atoms with Crippen molar-refractivity contribution in [3.63, 3.8) is 0 Å². The van der Waals surface area contributed by atoms with E-state index in [9.17, 15) is 0 Å². The van der Waals surface area contributed by atoms with Crippen molar-refractivity contribution in [3.8, 4) is 0 Å². The van der Waals surface area contributed by atoms with E-state index in [1.807, 2.05) is 0 Å². The molecule has 2 aliphatic carbocycles. The highest BCUT2D eigenvalue weighted by atomic mass is 14.4. The molecule has 0 N–H and O–H groups in total. The Hall–Kier alpha value is 0. The van der Waals surface area contributed by atoms with E-state index in [0.717, 1.165) is 11.3 Å². The number of hydrogen-bond acceptors (Lipinski definition) is 0. The minimum Gasteiger partial charge on any atom is -0.0620 e. The summed E-state index contributed by atoms with van der Waals surface area (Å²) in [5, 5.41) is 0. The second-order valence-corrected chi connectivity index (χ2v) is 4.72. The zero-order valence-corrected chi connectivity index (χ0v) is 7.73. The summed E-state index contributed by atoms with van der Waals surface area (Å²) >= 11 is 0. The van der Waals surface area contributed by atoms with E-state index in [-0.39, 0.29) is 0 Å². The Balaban J connectivity index is 2.07. The van der Waals surface area contributed by atoms with Crippen LogP contribution in [0.1, 0.15) is 58.3 Å². The molecule has 0 bridgehead atoms. The van der Waals surface area contributed by atoms with Gasteiger partial charge < -0.3 is 0 Å². The quantitative estimate of drug-likeness (QED) is 0.496. The zero-order valence-electron chi connectivity index (χ0n) is 7.73. The van der Waals surface area contributed by atoms with Crippen molar-refractivity contribution < 1.29 is 0 Å². The number of hydrogen-bond donors (Lipinski definition) is 0. The summed E-state index contributed by atoms with van der Waals surface area (Å²) in [5.74, 6) is 1.04. The maximum atomic E-state index is 2.49. The number of rotatable bonds is 0. The average Bonchev–Trinajstić information content (AvgIpc) is 2.46. The highest BCUT2D eigenvalue weighted by Gasteiger charge is 2.39. The van der Waals surface area contributed by atoms with Gasteiger partial charge in [0.1, 0.15) is 0 Å². The van der Waals surface area contributed by atoms with Gasteiger partial charge >= 0.3 is 0 Å². The summed E-state index contributed by atoms with van der Waals surface area (Å²) in [6.45, 7) is 2.49. The normalized spacial score (nSPS) is 36.3. The van der Waals surface area contributed by atoms with Gasteiger partial charge in [0.15, 0.2) is 0 Å². The van der Waals surface area contributed by atoms with E-state index >= 15 is 0 Å². The van der Waals surface area contributed by atoms with Crippen molar-refractivity contribution in [1.29, 1.82) is 0 Å². The molecule has 11 heavy (non-hydrogen) atoms. The lowest BCUT2D eigenvalue weighted by molar-refractivity contribution is 0.115. The molecule has 0 aromatic carbocycles. The van der Waals surface area contributed by atoms with Gasteiger partial charge in [0, 0.05) is 0 Å². The predicted octanol–water partition coefficient (Wildman–Crippen LogP) is 3.76. The third-order valence-corrected chi connectivity index (χ3v) is 4.21. The van der Waals surface area contributed by atoms with Crippen molar-refractivity contribution >= 4 is 0 Å². The van der Waals surface area contributed by atoms with Crippen LogP contribution in [-0.2, 0) is 0 Å². The van der Waals surface area contributed by atoms with Gasteiger partial charge in [-0.05, 0) is 30.6 Å². The molecule has 1 unspecified atom stereocenters. The highest BCUT2D eigenvalue weighted by Crippen LogP contribution is 2.52. The van der Waals surface area contributed by atoms with E-state index < -0.39 is 0 Å². The van der Waals surface area contributed by atoms with Crippen molar-refractivity contribution in [1.82, 2.24) is 0 Å². The maximum Gasteiger partial charge on any atom is -0.0272 e. The average molecular weight is 152 g/mol. The van der Waals surface area contributed by atoms with Crippen LogP contribution in [0, 0.1) is 11.3 Å². The van der Waals surface area contributed by atoms with Crippen molar-refractivity contribution in [2.45, 2.75) is 58.3 Å². The monoisotopic (exact) mass is 152 g/mol. The minimum atomic E-state index is 0.832. The first-order valence-corrected chi connectivity index (χ1v) is 5.33. The second-order valence-electron chi connectivity index (χ2n) is 4.72. The van der Waals surface area contributed by atoms with Gasteiger partial charge in [-0.1, -0.05) is 39.0 Å². The molecule has 0 radical (unpaired) electrons. The topological polar surface area (TPSA) is 0 Å². The van der Waals surface area contributed by atoms with Gasteiger partial charge in [-0.25, -0.2) is 0 Å². The molecule has 2 saturated carbocycles. The SMILES string of the molecule is CC1CCCCC12CCCC2. The molecule has 2 aliphatic rings. The highest BCUT2D eigenvalue weighted by molar-refractivity contribution is 4.91. The van der Waals surface area contributed by atoms with Gasteiger partial charge in [0.25, 0.3) is 0 Å². The van der Waals surface area contributed by atoms with Gasteiger partial charge in [-0.2, -0.15) is 0 Å². The molecule has 0 aromatic heterocycles. The molecule has 0 aliphatic heterocycles. The fraction of sp³-hybridized carbons (Fsp3) is 1.00. The van der Waals surface area contributed by atoms with Crippen LogP contribution in [0.3, 0.4) is 0 Å². The Morgan fingerprint density at radius 3 is 2.00 bits per heavy atom. The Morgan fingerprint density at radius 2 is 1.45 bits per heavy atom. The van der Waals surface area contributed by atoms with Crippen LogP contribution >= 0.6 is 0 Å². The Kier molecular flexibility index (Phi) is 1.95. The van der Waals surface area contributed by atoms with E-state index in [4.69, 9.17) is 0 Å². The minimum absolute atomic E-state index is 0.832. The molecule has 1 spiro atoms. The molecule has 2 rings (SSSR count). The lowest BCUT2D eigenvalue weighted by atomic mass is 9.66. The van der Waals surface area contributed by atoms with Gasteiger partial charge in [0.2, 0.25) is 0 Å². The summed E-state index contributed by atoms with van der Waals surface area (Å²) in [7, 11) is 0. The van der Waals surface area contributed by atoms with Crippen LogP contribution in [0.25, 0.3) is 0 Å². The standard InChI is InChI=1S/C11H20/c1-10-6-2-3-7-11(10)8-4-5-9-11/h10H,2-9H2,1H3. The van der Waals surface area contributed by atoms with E-state index in [1.165, 1.54) is 32.1 Å². The Labute approximate surface area is 70.4 Å². The molecule has 2 fully saturated rings. The van der Waals surface area contributed by atoms with E-state index in [1.54, 1.807) is 19.3 Å². The maximum absolute atomic E-state index is 2.49. The summed E-state index contributed by atoms with van der Waals surface area (Å²) < 4.78 is 0. The first-order valence-electron chi connectivity index (χ1n) is 5.33. The van der Waals surface area contributed by atoms with Gasteiger partial charge in [-0.15, -0.1) is 0 Å². The fourth-order valence-electron chi connectivity index (χ4n) is 3.30. The first-order chi connectivity index (χ1) is 5.33. The lowest BCUT2D eigenvalue weighted by Gasteiger charge is -2.39. The molecule has 64 valence electrons. The Bertz CT molecular complexity index is 131. The largest absolute Gasteiger partial charge is 0.0620 e. The Morgan fingerprint density at radius 1 is 0.909 bits per heavy atom. The molecule has 0 heteroatoms. The molecular weight excluding hydrogens is 132 g/mol. The van der Waals surface area contributed by atoms with Crippen LogP contribution in [-0.4, -0.2) is 0 Å². The predicted molar refractivity (Wildman–Crippen MR) is 48.5 cm³/mol. The third-order valence-electron chi connectivity index (χ3n) is 4.21. The van der Waals surface area contributed by atoms with E-state index in [2.05, 4.69) is 6.92 Å². The molecule has 1 atom stereocenters. The lowest BCUT2D eigenvalue weighted by Crippen LogP contribution is -2.28. The second kappa shape index (κ2) is 2.80. The summed E-state index contributed by atoms with van der Waals surface area (Å²) in [6, 6.07) is 0.